The molecular weight excluding hydrogens is 360 g/mol. The molecule has 0 aliphatic rings. The zero-order chi connectivity index (χ0) is 19.4. The van der Waals surface area contributed by atoms with Crippen molar-refractivity contribution in [2.24, 2.45) is 0 Å². The first-order valence-electron chi connectivity index (χ1n) is 8.42. The molecule has 3 rings (SSSR count). The zero-order valence-corrected chi connectivity index (χ0v) is 15.9. The minimum atomic E-state index is -3.72. The summed E-state index contributed by atoms with van der Waals surface area (Å²) in [4.78, 5) is 12.7. The molecule has 0 radical (unpaired) electrons. The summed E-state index contributed by atoms with van der Waals surface area (Å²) in [6.45, 7) is 3.75. The Kier molecular flexibility index (Phi) is 5.28. The molecule has 0 spiro atoms. The van der Waals surface area contributed by atoms with E-state index in [2.05, 4.69) is 10.0 Å². The van der Waals surface area contributed by atoms with Crippen LogP contribution in [0.2, 0.25) is 0 Å². The van der Waals surface area contributed by atoms with Crippen molar-refractivity contribution >= 4 is 27.3 Å². The van der Waals surface area contributed by atoms with E-state index in [4.69, 9.17) is 0 Å². The summed E-state index contributed by atoms with van der Waals surface area (Å²) in [5.74, 6) is -0.306. The van der Waals surface area contributed by atoms with E-state index in [0.717, 1.165) is 11.1 Å². The Morgan fingerprint density at radius 1 is 0.852 bits per heavy atom. The predicted molar refractivity (Wildman–Crippen MR) is 108 cm³/mol. The van der Waals surface area contributed by atoms with Crippen molar-refractivity contribution in [3.05, 3.63) is 89.5 Å². The fourth-order valence-electron chi connectivity index (χ4n) is 2.52. The van der Waals surface area contributed by atoms with E-state index in [0.29, 0.717) is 16.9 Å². The van der Waals surface area contributed by atoms with Gasteiger partial charge in [0.05, 0.1) is 10.6 Å². The van der Waals surface area contributed by atoms with Crippen LogP contribution < -0.4 is 10.0 Å². The third-order valence-corrected chi connectivity index (χ3v) is 5.49. The highest BCUT2D eigenvalue weighted by Crippen LogP contribution is 2.22. The molecule has 0 fully saturated rings. The highest BCUT2D eigenvalue weighted by molar-refractivity contribution is 7.92. The number of carbonyl (C=O) groups is 1. The predicted octanol–water partition coefficient (Wildman–Crippen LogP) is 4.36. The molecule has 0 atom stereocenters. The van der Waals surface area contributed by atoms with Crippen molar-refractivity contribution in [1.29, 1.82) is 0 Å². The first kappa shape index (κ1) is 18.7. The van der Waals surface area contributed by atoms with Gasteiger partial charge in [-0.05, 0) is 55.8 Å². The van der Waals surface area contributed by atoms with Crippen molar-refractivity contribution in [1.82, 2.24) is 0 Å². The fraction of sp³-hybridized carbons (Fsp3) is 0.0952. The Bertz CT molecular complexity index is 1060. The Morgan fingerprint density at radius 3 is 2.19 bits per heavy atom. The standard InChI is InChI=1S/C21H20N2O3S/c1-15-8-12-18(13-9-15)22-21(24)17-11-10-16(2)20(14-17)23-27(25,26)19-6-4-3-5-7-19/h3-14,23H,1-2H3,(H,22,24). The number of aryl methyl sites for hydroxylation is 2. The zero-order valence-electron chi connectivity index (χ0n) is 15.1. The number of anilines is 2. The Labute approximate surface area is 159 Å². The van der Waals surface area contributed by atoms with Crippen molar-refractivity contribution < 1.29 is 13.2 Å². The Morgan fingerprint density at radius 2 is 1.52 bits per heavy atom. The van der Waals surface area contributed by atoms with Gasteiger partial charge in [0, 0.05) is 11.3 Å². The van der Waals surface area contributed by atoms with Gasteiger partial charge in [0.1, 0.15) is 0 Å². The van der Waals surface area contributed by atoms with Gasteiger partial charge in [-0.3, -0.25) is 9.52 Å². The minimum Gasteiger partial charge on any atom is -0.322 e. The van der Waals surface area contributed by atoms with Crippen LogP contribution in [0.15, 0.2) is 77.7 Å². The maximum atomic E-state index is 12.5. The summed E-state index contributed by atoms with van der Waals surface area (Å²) >= 11 is 0. The Balaban J connectivity index is 1.84. The summed E-state index contributed by atoms with van der Waals surface area (Å²) in [5.41, 5.74) is 3.24. The normalized spacial score (nSPS) is 11.0. The molecule has 0 aliphatic carbocycles. The molecule has 138 valence electrons. The molecule has 5 nitrogen and oxygen atoms in total. The number of benzene rings is 3. The number of carbonyl (C=O) groups excluding carboxylic acids is 1. The number of amides is 1. The third-order valence-electron chi connectivity index (χ3n) is 4.11. The van der Waals surface area contributed by atoms with E-state index in [1.807, 2.05) is 31.2 Å². The highest BCUT2D eigenvalue weighted by atomic mass is 32.2. The average molecular weight is 380 g/mol. The van der Waals surface area contributed by atoms with Gasteiger partial charge in [-0.1, -0.05) is 42.0 Å². The van der Waals surface area contributed by atoms with E-state index >= 15 is 0 Å². The van der Waals surface area contributed by atoms with Crippen LogP contribution in [0.1, 0.15) is 21.5 Å². The van der Waals surface area contributed by atoms with Gasteiger partial charge in [0.2, 0.25) is 0 Å². The number of hydrogen-bond donors (Lipinski definition) is 2. The maximum Gasteiger partial charge on any atom is 0.261 e. The van der Waals surface area contributed by atoms with Crippen LogP contribution in [0.25, 0.3) is 0 Å². The Hall–Kier alpha value is -3.12. The molecule has 0 heterocycles. The molecule has 6 heteroatoms. The van der Waals surface area contributed by atoms with Crippen LogP contribution in [0.3, 0.4) is 0 Å². The van der Waals surface area contributed by atoms with E-state index in [1.165, 1.54) is 12.1 Å². The second kappa shape index (κ2) is 7.63. The third kappa shape index (κ3) is 4.54. The lowest BCUT2D eigenvalue weighted by atomic mass is 10.1. The van der Waals surface area contributed by atoms with Crippen LogP contribution in [0.5, 0.6) is 0 Å². The van der Waals surface area contributed by atoms with Crippen LogP contribution in [0, 0.1) is 13.8 Å². The lowest BCUT2D eigenvalue weighted by Crippen LogP contribution is -2.16. The summed E-state index contributed by atoms with van der Waals surface area (Å²) in [6, 6.07) is 20.5. The largest absolute Gasteiger partial charge is 0.322 e. The highest BCUT2D eigenvalue weighted by Gasteiger charge is 2.16. The molecule has 0 aliphatic heterocycles. The van der Waals surface area contributed by atoms with Gasteiger partial charge in [-0.2, -0.15) is 0 Å². The number of sulfonamides is 1. The lowest BCUT2D eigenvalue weighted by molar-refractivity contribution is 0.102. The van der Waals surface area contributed by atoms with Gasteiger partial charge in [0.15, 0.2) is 0 Å². The molecule has 0 aromatic heterocycles. The first-order chi connectivity index (χ1) is 12.8. The summed E-state index contributed by atoms with van der Waals surface area (Å²) in [7, 11) is -3.72. The maximum absolute atomic E-state index is 12.5. The molecule has 3 aromatic carbocycles. The van der Waals surface area contributed by atoms with Gasteiger partial charge in [-0.15, -0.1) is 0 Å². The van der Waals surface area contributed by atoms with Gasteiger partial charge < -0.3 is 5.32 Å². The summed E-state index contributed by atoms with van der Waals surface area (Å²) in [6.07, 6.45) is 0. The van der Waals surface area contributed by atoms with Crippen LogP contribution >= 0.6 is 0 Å². The van der Waals surface area contributed by atoms with E-state index in [1.54, 1.807) is 43.3 Å². The van der Waals surface area contributed by atoms with Crippen LogP contribution in [-0.4, -0.2) is 14.3 Å². The quantitative estimate of drug-likeness (QED) is 0.691. The minimum absolute atomic E-state index is 0.166. The number of rotatable bonds is 5. The van der Waals surface area contributed by atoms with E-state index in [-0.39, 0.29) is 10.8 Å². The van der Waals surface area contributed by atoms with Crippen LogP contribution in [0.4, 0.5) is 11.4 Å². The van der Waals surface area contributed by atoms with Crippen LogP contribution in [-0.2, 0) is 10.0 Å². The molecule has 27 heavy (non-hydrogen) atoms. The first-order valence-corrected chi connectivity index (χ1v) is 9.90. The van der Waals surface area contributed by atoms with Gasteiger partial charge in [-0.25, -0.2) is 8.42 Å². The number of hydrogen-bond acceptors (Lipinski definition) is 3. The van der Waals surface area contributed by atoms with Crippen molar-refractivity contribution in [3.63, 3.8) is 0 Å². The molecule has 0 saturated carbocycles. The van der Waals surface area contributed by atoms with Gasteiger partial charge in [0.25, 0.3) is 15.9 Å². The monoisotopic (exact) mass is 380 g/mol. The second-order valence-corrected chi connectivity index (χ2v) is 7.95. The summed E-state index contributed by atoms with van der Waals surface area (Å²) in [5, 5.41) is 2.81. The molecular formula is C21H20N2O3S. The molecule has 0 unspecified atom stereocenters. The second-order valence-electron chi connectivity index (χ2n) is 6.27. The number of nitrogens with one attached hydrogen (secondary N) is 2. The topological polar surface area (TPSA) is 75.3 Å². The smallest absolute Gasteiger partial charge is 0.261 e. The molecule has 0 bridgehead atoms. The molecule has 1 amide bonds. The van der Waals surface area contributed by atoms with Crippen molar-refractivity contribution in [2.75, 3.05) is 10.0 Å². The van der Waals surface area contributed by atoms with E-state index < -0.39 is 10.0 Å². The van der Waals surface area contributed by atoms with Crippen molar-refractivity contribution in [2.45, 2.75) is 18.7 Å². The summed E-state index contributed by atoms with van der Waals surface area (Å²) < 4.78 is 27.7. The molecule has 3 aromatic rings. The molecule has 2 N–H and O–H groups in total. The average Bonchev–Trinajstić information content (AvgIpc) is 2.66. The fourth-order valence-corrected chi connectivity index (χ4v) is 3.66. The SMILES string of the molecule is Cc1ccc(NC(=O)c2ccc(C)c(NS(=O)(=O)c3ccccc3)c2)cc1. The van der Waals surface area contributed by atoms with Crippen molar-refractivity contribution in [3.8, 4) is 0 Å². The molecule has 0 saturated heterocycles. The van der Waals surface area contributed by atoms with Gasteiger partial charge >= 0.3 is 0 Å². The lowest BCUT2D eigenvalue weighted by Gasteiger charge is -2.12. The van der Waals surface area contributed by atoms with E-state index in [9.17, 15) is 13.2 Å².